The van der Waals surface area contributed by atoms with Gasteiger partial charge in [0.2, 0.25) is 0 Å². The van der Waals surface area contributed by atoms with Crippen LogP contribution >= 0.6 is 27.7 Å². The molecule has 0 saturated heterocycles. The van der Waals surface area contributed by atoms with E-state index in [4.69, 9.17) is 5.73 Å². The monoisotopic (exact) mass is 336 g/mol. The van der Waals surface area contributed by atoms with Crippen LogP contribution in [0.1, 0.15) is 10.4 Å². The fraction of sp³-hybridized carbons (Fsp3) is 0.0714. The molecule has 0 bridgehead atoms. The number of hydrogen-bond donors (Lipinski definition) is 2. The van der Waals surface area contributed by atoms with Crippen molar-refractivity contribution >= 4 is 45.0 Å². The van der Waals surface area contributed by atoms with Gasteiger partial charge in [-0.25, -0.2) is 0 Å². The second kappa shape index (κ2) is 6.12. The molecule has 3 N–H and O–H groups in total. The third-order valence-electron chi connectivity index (χ3n) is 2.61. The molecule has 0 fully saturated rings. The average Bonchev–Trinajstić information content (AvgIpc) is 2.43. The molecule has 0 unspecified atom stereocenters. The smallest absolute Gasteiger partial charge is 0.255 e. The molecule has 98 valence electrons. The lowest BCUT2D eigenvalue weighted by Gasteiger charge is -2.07. The van der Waals surface area contributed by atoms with E-state index in [1.165, 1.54) is 0 Å². The quantitative estimate of drug-likeness (QED) is 0.657. The molecule has 0 aliphatic carbocycles. The summed E-state index contributed by atoms with van der Waals surface area (Å²) in [6.45, 7) is 0. The Morgan fingerprint density at radius 3 is 2.47 bits per heavy atom. The first-order valence-corrected chi connectivity index (χ1v) is 7.62. The average molecular weight is 337 g/mol. The van der Waals surface area contributed by atoms with E-state index in [2.05, 4.69) is 21.2 Å². The van der Waals surface area contributed by atoms with Crippen molar-refractivity contribution in [1.29, 1.82) is 0 Å². The second-order valence-corrected chi connectivity index (χ2v) is 5.65. The molecule has 0 aliphatic heterocycles. The number of nitrogen functional groups attached to an aromatic ring is 1. The van der Waals surface area contributed by atoms with Crippen molar-refractivity contribution in [3.8, 4) is 0 Å². The van der Waals surface area contributed by atoms with Gasteiger partial charge in [-0.15, -0.1) is 11.8 Å². The summed E-state index contributed by atoms with van der Waals surface area (Å²) in [6, 6.07) is 12.8. The van der Waals surface area contributed by atoms with Gasteiger partial charge in [0.1, 0.15) is 0 Å². The molecule has 1 amide bonds. The Morgan fingerprint density at radius 1 is 1.21 bits per heavy atom. The van der Waals surface area contributed by atoms with E-state index in [1.54, 1.807) is 23.9 Å². The van der Waals surface area contributed by atoms with Crippen LogP contribution in [0.3, 0.4) is 0 Å². The van der Waals surface area contributed by atoms with Gasteiger partial charge < -0.3 is 11.1 Å². The SMILES string of the molecule is CSc1ccc(C(=O)Nc2ccc(Br)c(N)c2)cc1. The molecule has 0 heterocycles. The van der Waals surface area contributed by atoms with Crippen molar-refractivity contribution in [2.24, 2.45) is 0 Å². The lowest BCUT2D eigenvalue weighted by Crippen LogP contribution is -2.11. The number of halogens is 1. The predicted octanol–water partition coefficient (Wildman–Crippen LogP) is 4.01. The summed E-state index contributed by atoms with van der Waals surface area (Å²) < 4.78 is 0.815. The third kappa shape index (κ3) is 3.52. The van der Waals surface area contributed by atoms with Crippen molar-refractivity contribution in [2.75, 3.05) is 17.3 Å². The number of nitrogens with two attached hydrogens (primary N) is 1. The first kappa shape index (κ1) is 14.0. The minimum Gasteiger partial charge on any atom is -0.398 e. The van der Waals surface area contributed by atoms with Crippen LogP contribution in [0, 0.1) is 0 Å². The normalized spacial score (nSPS) is 10.2. The number of thioether (sulfide) groups is 1. The molecule has 0 aliphatic rings. The van der Waals surface area contributed by atoms with Gasteiger partial charge in [0.05, 0.1) is 0 Å². The van der Waals surface area contributed by atoms with Crippen molar-refractivity contribution in [2.45, 2.75) is 4.90 Å². The Labute approximate surface area is 124 Å². The van der Waals surface area contributed by atoms with Gasteiger partial charge in [-0.05, 0) is 64.7 Å². The van der Waals surface area contributed by atoms with Crippen LogP contribution in [0.15, 0.2) is 51.8 Å². The van der Waals surface area contributed by atoms with E-state index < -0.39 is 0 Å². The van der Waals surface area contributed by atoms with Crippen LogP contribution in [0.5, 0.6) is 0 Å². The van der Waals surface area contributed by atoms with E-state index in [0.717, 1.165) is 9.37 Å². The van der Waals surface area contributed by atoms with Crippen LogP contribution in [0.4, 0.5) is 11.4 Å². The summed E-state index contributed by atoms with van der Waals surface area (Å²) in [5, 5.41) is 2.82. The second-order valence-electron chi connectivity index (χ2n) is 3.92. The van der Waals surface area contributed by atoms with Gasteiger partial charge >= 0.3 is 0 Å². The Kier molecular flexibility index (Phi) is 4.50. The highest BCUT2D eigenvalue weighted by Gasteiger charge is 2.06. The first-order valence-electron chi connectivity index (χ1n) is 5.60. The molecule has 19 heavy (non-hydrogen) atoms. The van der Waals surface area contributed by atoms with Gasteiger partial charge in [0.25, 0.3) is 5.91 Å². The summed E-state index contributed by atoms with van der Waals surface area (Å²) in [6.07, 6.45) is 2.00. The van der Waals surface area contributed by atoms with E-state index in [9.17, 15) is 4.79 Å². The zero-order chi connectivity index (χ0) is 13.8. The molecule has 5 heteroatoms. The molecular formula is C14H13BrN2OS. The van der Waals surface area contributed by atoms with E-state index in [-0.39, 0.29) is 5.91 Å². The van der Waals surface area contributed by atoms with E-state index in [1.807, 2.05) is 36.6 Å². The molecule has 0 saturated carbocycles. The number of anilines is 2. The minimum atomic E-state index is -0.144. The highest BCUT2D eigenvalue weighted by molar-refractivity contribution is 9.10. The topological polar surface area (TPSA) is 55.1 Å². The molecule has 0 radical (unpaired) electrons. The van der Waals surface area contributed by atoms with Crippen LogP contribution in [0.25, 0.3) is 0 Å². The van der Waals surface area contributed by atoms with E-state index >= 15 is 0 Å². The summed E-state index contributed by atoms with van der Waals surface area (Å²) in [7, 11) is 0. The highest BCUT2D eigenvalue weighted by atomic mass is 79.9. The highest BCUT2D eigenvalue weighted by Crippen LogP contribution is 2.23. The Morgan fingerprint density at radius 2 is 1.89 bits per heavy atom. The lowest BCUT2D eigenvalue weighted by molar-refractivity contribution is 0.102. The van der Waals surface area contributed by atoms with Crippen LogP contribution in [0.2, 0.25) is 0 Å². The molecule has 0 spiro atoms. The fourth-order valence-corrected chi connectivity index (χ4v) is 2.22. The van der Waals surface area contributed by atoms with Gasteiger partial charge in [0.15, 0.2) is 0 Å². The largest absolute Gasteiger partial charge is 0.398 e. The summed E-state index contributed by atoms with van der Waals surface area (Å²) in [4.78, 5) is 13.2. The van der Waals surface area contributed by atoms with Gasteiger partial charge in [-0.1, -0.05) is 0 Å². The standard InChI is InChI=1S/C14H13BrN2OS/c1-19-11-5-2-9(3-6-11)14(18)17-10-4-7-12(15)13(16)8-10/h2-8H,16H2,1H3,(H,17,18). The van der Waals surface area contributed by atoms with Crippen LogP contribution < -0.4 is 11.1 Å². The maximum absolute atomic E-state index is 12.0. The van der Waals surface area contributed by atoms with Crippen molar-refractivity contribution < 1.29 is 4.79 Å². The first-order chi connectivity index (χ1) is 9.10. The zero-order valence-electron chi connectivity index (χ0n) is 10.3. The molecule has 2 aromatic rings. The number of rotatable bonds is 3. The number of nitrogens with one attached hydrogen (secondary N) is 1. The predicted molar refractivity (Wildman–Crippen MR) is 84.7 cm³/mol. The minimum absolute atomic E-state index is 0.144. The number of carbonyl (C=O) groups is 1. The molecule has 0 aromatic heterocycles. The molecule has 2 rings (SSSR count). The maximum Gasteiger partial charge on any atom is 0.255 e. The Bertz CT molecular complexity index is 599. The third-order valence-corrected chi connectivity index (χ3v) is 4.07. The molecule has 3 nitrogen and oxygen atoms in total. The fourth-order valence-electron chi connectivity index (χ4n) is 1.57. The maximum atomic E-state index is 12.0. The van der Waals surface area contributed by atoms with Crippen molar-refractivity contribution in [3.63, 3.8) is 0 Å². The van der Waals surface area contributed by atoms with E-state index in [0.29, 0.717) is 16.9 Å². The Balaban J connectivity index is 2.13. The number of amides is 1. The molecular weight excluding hydrogens is 324 g/mol. The number of benzene rings is 2. The van der Waals surface area contributed by atoms with Gasteiger partial charge in [-0.2, -0.15) is 0 Å². The number of hydrogen-bond acceptors (Lipinski definition) is 3. The van der Waals surface area contributed by atoms with Crippen molar-refractivity contribution in [3.05, 3.63) is 52.5 Å². The van der Waals surface area contributed by atoms with Crippen LogP contribution in [-0.4, -0.2) is 12.2 Å². The van der Waals surface area contributed by atoms with Crippen molar-refractivity contribution in [1.82, 2.24) is 0 Å². The molecule has 0 atom stereocenters. The van der Waals surface area contributed by atoms with Gasteiger partial charge in [0, 0.05) is 26.3 Å². The summed E-state index contributed by atoms with van der Waals surface area (Å²) in [5.74, 6) is -0.144. The Hall–Kier alpha value is -1.46. The summed E-state index contributed by atoms with van der Waals surface area (Å²) >= 11 is 4.96. The summed E-state index contributed by atoms with van der Waals surface area (Å²) in [5.41, 5.74) is 7.67. The van der Waals surface area contributed by atoms with Crippen LogP contribution in [-0.2, 0) is 0 Å². The zero-order valence-corrected chi connectivity index (χ0v) is 12.7. The molecule has 2 aromatic carbocycles. The lowest BCUT2D eigenvalue weighted by atomic mass is 10.2. The number of carbonyl (C=O) groups excluding carboxylic acids is 1. The van der Waals surface area contributed by atoms with Gasteiger partial charge in [-0.3, -0.25) is 4.79 Å².